The van der Waals surface area contributed by atoms with Crippen LogP contribution in [-0.4, -0.2) is 23.0 Å². The lowest BCUT2D eigenvalue weighted by Gasteiger charge is -2.14. The van der Waals surface area contributed by atoms with Crippen LogP contribution in [-0.2, 0) is 22.4 Å². The number of carboxylic acids is 1. The molecular formula is C21H21NO4. The van der Waals surface area contributed by atoms with Crippen LogP contribution in [0.25, 0.3) is 11.0 Å². The minimum Gasteiger partial charge on any atom is -0.480 e. The normalized spacial score (nSPS) is 12.1. The van der Waals surface area contributed by atoms with Crippen LogP contribution >= 0.6 is 0 Å². The van der Waals surface area contributed by atoms with E-state index in [-0.39, 0.29) is 18.7 Å². The molecule has 0 radical (unpaired) electrons. The van der Waals surface area contributed by atoms with Crippen LogP contribution in [0.15, 0.2) is 53.1 Å². The summed E-state index contributed by atoms with van der Waals surface area (Å²) in [4.78, 5) is 23.9. The molecule has 3 rings (SSSR count). The zero-order valence-corrected chi connectivity index (χ0v) is 14.8. The summed E-state index contributed by atoms with van der Waals surface area (Å²) >= 11 is 0. The summed E-state index contributed by atoms with van der Waals surface area (Å²) in [5, 5.41) is 12.9. The Labute approximate surface area is 151 Å². The fraction of sp³-hybridized carbons (Fsp3) is 0.238. The molecule has 0 fully saturated rings. The minimum atomic E-state index is -1.05. The molecule has 0 saturated heterocycles. The maximum atomic E-state index is 12.4. The first-order valence-corrected chi connectivity index (χ1v) is 8.47. The van der Waals surface area contributed by atoms with Crippen molar-refractivity contribution >= 4 is 22.8 Å². The van der Waals surface area contributed by atoms with Gasteiger partial charge in [-0.3, -0.25) is 4.79 Å². The SMILES string of the molecule is Cc1cc2occ(CC(=O)N[C@H](Cc3ccccc3)C(=O)O)c2cc1C. The second-order valence-electron chi connectivity index (χ2n) is 6.52. The summed E-state index contributed by atoms with van der Waals surface area (Å²) in [7, 11) is 0. The monoisotopic (exact) mass is 351 g/mol. The maximum absolute atomic E-state index is 12.4. The molecule has 134 valence electrons. The number of furan rings is 1. The molecule has 2 aromatic carbocycles. The van der Waals surface area contributed by atoms with Crippen molar-refractivity contribution in [1.82, 2.24) is 5.32 Å². The summed E-state index contributed by atoms with van der Waals surface area (Å²) in [5.41, 5.74) is 4.59. The first-order chi connectivity index (χ1) is 12.4. The lowest BCUT2D eigenvalue weighted by molar-refractivity contribution is -0.141. The lowest BCUT2D eigenvalue weighted by atomic mass is 10.0. The van der Waals surface area contributed by atoms with Gasteiger partial charge in [0, 0.05) is 17.4 Å². The highest BCUT2D eigenvalue weighted by Crippen LogP contribution is 2.25. The highest BCUT2D eigenvalue weighted by molar-refractivity contribution is 5.90. The fourth-order valence-corrected chi connectivity index (χ4v) is 2.94. The number of nitrogens with one attached hydrogen (secondary N) is 1. The van der Waals surface area contributed by atoms with Crippen LogP contribution in [0.4, 0.5) is 0 Å². The van der Waals surface area contributed by atoms with Gasteiger partial charge in [-0.05, 0) is 42.7 Å². The first kappa shape index (κ1) is 17.7. The summed E-state index contributed by atoms with van der Waals surface area (Å²) in [6, 6.07) is 12.2. The van der Waals surface area contributed by atoms with Gasteiger partial charge in [-0.25, -0.2) is 4.79 Å². The predicted molar refractivity (Wildman–Crippen MR) is 99.1 cm³/mol. The highest BCUT2D eigenvalue weighted by atomic mass is 16.4. The molecule has 2 N–H and O–H groups in total. The number of hydrogen-bond donors (Lipinski definition) is 2. The first-order valence-electron chi connectivity index (χ1n) is 8.47. The van der Waals surface area contributed by atoms with E-state index in [2.05, 4.69) is 5.32 Å². The molecule has 1 amide bonds. The Morgan fingerprint density at radius 1 is 1.12 bits per heavy atom. The van der Waals surface area contributed by atoms with Crippen molar-refractivity contribution in [2.45, 2.75) is 32.7 Å². The average Bonchev–Trinajstić information content (AvgIpc) is 2.97. The third-order valence-electron chi connectivity index (χ3n) is 4.54. The zero-order chi connectivity index (χ0) is 18.7. The summed E-state index contributed by atoms with van der Waals surface area (Å²) in [6.45, 7) is 4.01. The fourth-order valence-electron chi connectivity index (χ4n) is 2.94. The van der Waals surface area contributed by atoms with Gasteiger partial charge in [0.2, 0.25) is 5.91 Å². The number of amides is 1. The molecule has 0 saturated carbocycles. The minimum absolute atomic E-state index is 0.0775. The van der Waals surface area contributed by atoms with E-state index in [4.69, 9.17) is 4.42 Å². The topological polar surface area (TPSA) is 79.5 Å². The molecule has 3 aromatic rings. The highest BCUT2D eigenvalue weighted by Gasteiger charge is 2.21. The predicted octanol–water partition coefficient (Wildman–Crippen LogP) is 3.40. The number of benzene rings is 2. The van der Waals surface area contributed by atoms with Crippen LogP contribution < -0.4 is 5.32 Å². The molecule has 1 atom stereocenters. The van der Waals surface area contributed by atoms with Crippen LogP contribution in [0.2, 0.25) is 0 Å². The van der Waals surface area contributed by atoms with E-state index in [1.54, 1.807) is 6.26 Å². The molecular weight excluding hydrogens is 330 g/mol. The van der Waals surface area contributed by atoms with Gasteiger partial charge in [0.1, 0.15) is 11.6 Å². The Bertz CT molecular complexity index is 943. The Morgan fingerprint density at radius 3 is 2.50 bits per heavy atom. The van der Waals surface area contributed by atoms with E-state index in [1.807, 2.05) is 56.3 Å². The summed E-state index contributed by atoms with van der Waals surface area (Å²) in [5.74, 6) is -1.39. The van der Waals surface area contributed by atoms with Gasteiger partial charge >= 0.3 is 5.97 Å². The number of carbonyl (C=O) groups excluding carboxylic acids is 1. The van der Waals surface area contributed by atoms with Crippen molar-refractivity contribution in [2.24, 2.45) is 0 Å². The average molecular weight is 351 g/mol. The molecule has 5 nitrogen and oxygen atoms in total. The number of aliphatic carboxylic acids is 1. The quantitative estimate of drug-likeness (QED) is 0.713. The van der Waals surface area contributed by atoms with Crippen molar-refractivity contribution in [3.8, 4) is 0 Å². The number of carboxylic acid groups (broad SMARTS) is 1. The van der Waals surface area contributed by atoms with Gasteiger partial charge in [-0.2, -0.15) is 0 Å². The Morgan fingerprint density at radius 2 is 1.81 bits per heavy atom. The number of rotatable bonds is 6. The van der Waals surface area contributed by atoms with Gasteiger partial charge < -0.3 is 14.8 Å². The number of aryl methyl sites for hydroxylation is 2. The van der Waals surface area contributed by atoms with Crippen molar-refractivity contribution in [3.63, 3.8) is 0 Å². The van der Waals surface area contributed by atoms with E-state index in [0.717, 1.165) is 33.2 Å². The van der Waals surface area contributed by atoms with Gasteiger partial charge in [-0.15, -0.1) is 0 Å². The van der Waals surface area contributed by atoms with E-state index in [0.29, 0.717) is 0 Å². The number of fused-ring (bicyclic) bond motifs is 1. The third kappa shape index (κ3) is 3.94. The number of hydrogen-bond acceptors (Lipinski definition) is 3. The maximum Gasteiger partial charge on any atom is 0.326 e. The van der Waals surface area contributed by atoms with Crippen LogP contribution in [0.5, 0.6) is 0 Å². The summed E-state index contributed by atoms with van der Waals surface area (Å²) < 4.78 is 5.54. The van der Waals surface area contributed by atoms with Gasteiger partial charge in [-0.1, -0.05) is 30.3 Å². The molecule has 0 bridgehead atoms. The standard InChI is InChI=1S/C21H21NO4/c1-13-8-17-16(12-26-19(17)9-14(13)2)11-20(23)22-18(21(24)25)10-15-6-4-3-5-7-15/h3-9,12,18H,10-11H2,1-2H3,(H,22,23)(H,24,25)/t18-/m1/s1. The largest absolute Gasteiger partial charge is 0.480 e. The van der Waals surface area contributed by atoms with E-state index in [9.17, 15) is 14.7 Å². The van der Waals surface area contributed by atoms with Crippen LogP contribution in [0.3, 0.4) is 0 Å². The number of carbonyl (C=O) groups is 2. The summed E-state index contributed by atoms with van der Waals surface area (Å²) in [6.07, 6.45) is 1.89. The molecule has 0 spiro atoms. The molecule has 0 unspecified atom stereocenters. The van der Waals surface area contributed by atoms with E-state index in [1.165, 1.54) is 0 Å². The molecule has 0 aliphatic carbocycles. The molecule has 0 aliphatic rings. The molecule has 26 heavy (non-hydrogen) atoms. The van der Waals surface area contributed by atoms with Crippen LogP contribution in [0, 0.1) is 13.8 Å². The van der Waals surface area contributed by atoms with Crippen LogP contribution in [0.1, 0.15) is 22.3 Å². The molecule has 1 heterocycles. The zero-order valence-electron chi connectivity index (χ0n) is 14.8. The smallest absolute Gasteiger partial charge is 0.326 e. The van der Waals surface area contributed by atoms with Gasteiger partial charge in [0.25, 0.3) is 0 Å². The Balaban J connectivity index is 1.73. The van der Waals surface area contributed by atoms with E-state index >= 15 is 0 Å². The van der Waals surface area contributed by atoms with Crippen molar-refractivity contribution in [1.29, 1.82) is 0 Å². The second kappa shape index (κ2) is 7.44. The van der Waals surface area contributed by atoms with E-state index < -0.39 is 12.0 Å². The second-order valence-corrected chi connectivity index (χ2v) is 6.52. The molecule has 0 aliphatic heterocycles. The Kier molecular flexibility index (Phi) is 5.07. The van der Waals surface area contributed by atoms with Gasteiger partial charge in [0.05, 0.1) is 12.7 Å². The van der Waals surface area contributed by atoms with Gasteiger partial charge in [0.15, 0.2) is 0 Å². The molecule has 1 aromatic heterocycles. The Hall–Kier alpha value is -3.08. The van der Waals surface area contributed by atoms with Crippen molar-refractivity contribution in [3.05, 3.63) is 71.0 Å². The molecule has 5 heteroatoms. The third-order valence-corrected chi connectivity index (χ3v) is 4.54. The van der Waals surface area contributed by atoms with Crippen molar-refractivity contribution in [2.75, 3.05) is 0 Å². The lowest BCUT2D eigenvalue weighted by Crippen LogP contribution is -2.43. The van der Waals surface area contributed by atoms with Crippen molar-refractivity contribution < 1.29 is 19.1 Å².